The van der Waals surface area contributed by atoms with Crippen molar-refractivity contribution in [2.45, 2.75) is 32.7 Å². The van der Waals surface area contributed by atoms with E-state index in [2.05, 4.69) is 45.3 Å². The Morgan fingerprint density at radius 1 is 1.36 bits per heavy atom. The van der Waals surface area contributed by atoms with E-state index in [-0.39, 0.29) is 5.91 Å². The molecule has 22 heavy (non-hydrogen) atoms. The van der Waals surface area contributed by atoms with Crippen LogP contribution in [0.1, 0.15) is 36.3 Å². The Morgan fingerprint density at radius 2 is 2.18 bits per heavy atom. The largest absolute Gasteiger partial charge is 0.351 e. The van der Waals surface area contributed by atoms with Crippen LogP contribution >= 0.6 is 0 Å². The van der Waals surface area contributed by atoms with Crippen LogP contribution in [0.5, 0.6) is 0 Å². The number of rotatable bonds is 4. The van der Waals surface area contributed by atoms with Crippen LogP contribution in [0.2, 0.25) is 0 Å². The maximum absolute atomic E-state index is 12.1. The van der Waals surface area contributed by atoms with E-state index in [4.69, 9.17) is 0 Å². The highest BCUT2D eigenvalue weighted by Crippen LogP contribution is 2.36. The zero-order valence-electron chi connectivity index (χ0n) is 12.9. The lowest BCUT2D eigenvalue weighted by molar-refractivity contribution is 0.0948. The van der Waals surface area contributed by atoms with Crippen LogP contribution in [-0.2, 0) is 6.42 Å². The highest BCUT2D eigenvalue weighted by atomic mass is 16.1. The van der Waals surface area contributed by atoms with Crippen molar-refractivity contribution in [3.63, 3.8) is 0 Å². The third-order valence-electron chi connectivity index (χ3n) is 3.87. The maximum atomic E-state index is 12.1. The number of carbonyl (C=O) groups excluding carboxylic acids is 1. The van der Waals surface area contributed by atoms with Gasteiger partial charge in [-0.1, -0.05) is 25.1 Å². The number of benzene rings is 1. The Morgan fingerprint density at radius 3 is 3.00 bits per heavy atom. The molecule has 1 atom stereocenters. The van der Waals surface area contributed by atoms with Crippen molar-refractivity contribution in [2.75, 3.05) is 11.4 Å². The number of amides is 1. The molecule has 0 saturated heterocycles. The molecule has 0 radical (unpaired) electrons. The summed E-state index contributed by atoms with van der Waals surface area (Å²) in [5.41, 5.74) is 2.88. The number of nitrogens with zero attached hydrogens (tertiary/aromatic N) is 3. The van der Waals surface area contributed by atoms with E-state index in [0.717, 1.165) is 24.3 Å². The van der Waals surface area contributed by atoms with Gasteiger partial charge < -0.3 is 10.2 Å². The minimum absolute atomic E-state index is 0.148. The molecule has 1 aliphatic heterocycles. The lowest BCUT2D eigenvalue weighted by Gasteiger charge is -2.23. The second kappa shape index (κ2) is 6.13. The summed E-state index contributed by atoms with van der Waals surface area (Å²) in [6.45, 7) is 4.84. The fourth-order valence-electron chi connectivity index (χ4n) is 2.85. The predicted octanol–water partition coefficient (Wildman–Crippen LogP) is 2.70. The highest BCUT2D eigenvalue weighted by Gasteiger charge is 2.28. The summed E-state index contributed by atoms with van der Waals surface area (Å²) in [6, 6.07) is 10.4. The minimum Gasteiger partial charge on any atom is -0.351 e. The summed E-state index contributed by atoms with van der Waals surface area (Å²) in [5.74, 6) is 0.625. The van der Waals surface area contributed by atoms with Crippen molar-refractivity contribution in [3.8, 4) is 0 Å². The van der Waals surface area contributed by atoms with Gasteiger partial charge in [-0.15, -0.1) is 0 Å². The summed E-state index contributed by atoms with van der Waals surface area (Å²) in [7, 11) is 0. The Kier molecular flexibility index (Phi) is 4.04. The predicted molar refractivity (Wildman–Crippen MR) is 86.4 cm³/mol. The third kappa shape index (κ3) is 2.66. The number of para-hydroxylation sites is 1. The van der Waals surface area contributed by atoms with E-state index in [1.165, 1.54) is 11.9 Å². The lowest BCUT2D eigenvalue weighted by atomic mass is 10.1. The Hall–Kier alpha value is -2.43. The Bertz CT molecular complexity index is 686. The molecule has 2 heterocycles. The van der Waals surface area contributed by atoms with Crippen LogP contribution in [0, 0.1) is 0 Å². The average molecular weight is 296 g/mol. The van der Waals surface area contributed by atoms with Gasteiger partial charge in [0.25, 0.3) is 5.91 Å². The smallest absolute Gasteiger partial charge is 0.270 e. The van der Waals surface area contributed by atoms with Crippen molar-refractivity contribution < 1.29 is 4.79 Å². The number of fused-ring (bicyclic) bond motifs is 1. The van der Waals surface area contributed by atoms with Crippen molar-refractivity contribution >= 4 is 17.4 Å². The molecule has 0 aliphatic carbocycles. The van der Waals surface area contributed by atoms with E-state index in [1.807, 2.05) is 13.0 Å². The molecule has 3 rings (SSSR count). The van der Waals surface area contributed by atoms with E-state index in [0.29, 0.717) is 18.3 Å². The van der Waals surface area contributed by atoms with Gasteiger partial charge in [0.2, 0.25) is 0 Å². The normalized spacial score (nSPS) is 16.5. The average Bonchev–Trinajstić information content (AvgIpc) is 2.88. The van der Waals surface area contributed by atoms with Gasteiger partial charge in [0.15, 0.2) is 0 Å². The van der Waals surface area contributed by atoms with Crippen LogP contribution < -0.4 is 10.2 Å². The van der Waals surface area contributed by atoms with Gasteiger partial charge in [-0.25, -0.2) is 9.97 Å². The molecule has 0 fully saturated rings. The zero-order chi connectivity index (χ0) is 15.5. The number of carbonyl (C=O) groups is 1. The molecule has 1 unspecified atom stereocenters. The molecule has 1 aliphatic rings. The van der Waals surface area contributed by atoms with Crippen molar-refractivity contribution in [3.05, 3.63) is 47.9 Å². The van der Waals surface area contributed by atoms with Crippen molar-refractivity contribution in [2.24, 2.45) is 0 Å². The fourth-order valence-corrected chi connectivity index (χ4v) is 2.85. The maximum Gasteiger partial charge on any atom is 0.270 e. The van der Waals surface area contributed by atoms with Gasteiger partial charge in [0.1, 0.15) is 17.8 Å². The molecular weight excluding hydrogens is 276 g/mol. The van der Waals surface area contributed by atoms with E-state index in [9.17, 15) is 4.79 Å². The van der Waals surface area contributed by atoms with Crippen LogP contribution in [-0.4, -0.2) is 28.5 Å². The monoisotopic (exact) mass is 296 g/mol. The molecule has 5 heteroatoms. The molecule has 0 bridgehead atoms. The number of aromatic nitrogens is 2. The summed E-state index contributed by atoms with van der Waals surface area (Å²) in [4.78, 5) is 22.7. The first-order valence-corrected chi connectivity index (χ1v) is 7.68. The molecule has 0 saturated carbocycles. The van der Waals surface area contributed by atoms with Gasteiger partial charge in [-0.05, 0) is 31.4 Å². The molecule has 2 aromatic rings. The molecule has 1 aromatic heterocycles. The van der Waals surface area contributed by atoms with E-state index < -0.39 is 0 Å². The van der Waals surface area contributed by atoms with Crippen LogP contribution in [0.25, 0.3) is 0 Å². The number of hydrogen-bond acceptors (Lipinski definition) is 4. The van der Waals surface area contributed by atoms with E-state index >= 15 is 0 Å². The SMILES string of the molecule is CCCNC(=O)c1cc(N2c3ccccc3CC2C)ncn1. The fraction of sp³-hybridized carbons (Fsp3) is 0.353. The lowest BCUT2D eigenvalue weighted by Crippen LogP contribution is -2.27. The Labute approximate surface area is 130 Å². The van der Waals surface area contributed by atoms with E-state index in [1.54, 1.807) is 6.07 Å². The first kappa shape index (κ1) is 14.5. The van der Waals surface area contributed by atoms with Gasteiger partial charge >= 0.3 is 0 Å². The highest BCUT2D eigenvalue weighted by molar-refractivity contribution is 5.93. The standard InChI is InChI=1S/C17H20N4O/c1-3-8-18-17(22)14-10-16(20-11-19-14)21-12(2)9-13-6-4-5-7-15(13)21/h4-7,10-12H,3,8-9H2,1-2H3,(H,18,22). The van der Waals surface area contributed by atoms with Crippen LogP contribution in [0.15, 0.2) is 36.7 Å². The third-order valence-corrected chi connectivity index (χ3v) is 3.87. The Balaban J connectivity index is 1.91. The van der Waals surface area contributed by atoms with Crippen molar-refractivity contribution in [1.82, 2.24) is 15.3 Å². The molecule has 1 aromatic carbocycles. The van der Waals surface area contributed by atoms with Crippen LogP contribution in [0.3, 0.4) is 0 Å². The second-order valence-corrected chi connectivity index (χ2v) is 5.57. The number of anilines is 2. The summed E-state index contributed by atoms with van der Waals surface area (Å²) >= 11 is 0. The van der Waals surface area contributed by atoms with Crippen LogP contribution in [0.4, 0.5) is 11.5 Å². The minimum atomic E-state index is -0.148. The summed E-state index contributed by atoms with van der Waals surface area (Å²) in [5, 5.41) is 2.85. The molecule has 0 spiro atoms. The molecule has 5 nitrogen and oxygen atoms in total. The van der Waals surface area contributed by atoms with Gasteiger partial charge in [0.05, 0.1) is 0 Å². The second-order valence-electron chi connectivity index (χ2n) is 5.57. The summed E-state index contributed by atoms with van der Waals surface area (Å²) < 4.78 is 0. The van der Waals surface area contributed by atoms with Gasteiger partial charge in [-0.3, -0.25) is 4.79 Å². The topological polar surface area (TPSA) is 58.1 Å². The van der Waals surface area contributed by atoms with Gasteiger partial charge in [0, 0.05) is 24.3 Å². The number of hydrogen-bond donors (Lipinski definition) is 1. The zero-order valence-corrected chi connectivity index (χ0v) is 12.9. The molecule has 1 N–H and O–H groups in total. The molecular formula is C17H20N4O. The molecule has 1 amide bonds. The summed E-state index contributed by atoms with van der Waals surface area (Å²) in [6.07, 6.45) is 3.35. The number of nitrogens with one attached hydrogen (secondary N) is 1. The van der Waals surface area contributed by atoms with Gasteiger partial charge in [-0.2, -0.15) is 0 Å². The van der Waals surface area contributed by atoms with Crippen molar-refractivity contribution in [1.29, 1.82) is 0 Å². The first-order valence-electron chi connectivity index (χ1n) is 7.68. The molecule has 114 valence electrons. The quantitative estimate of drug-likeness (QED) is 0.942. The first-order chi connectivity index (χ1) is 10.7.